The second-order valence-corrected chi connectivity index (χ2v) is 5.29. The summed E-state index contributed by atoms with van der Waals surface area (Å²) in [4.78, 5) is 23.2. The zero-order valence-electron chi connectivity index (χ0n) is 11.6. The fraction of sp³-hybridized carbons (Fsp3) is 0.429. The number of carbonyl (C=O) groups excluding carboxylic acids is 2. The Kier molecular flexibility index (Phi) is 5.64. The van der Waals surface area contributed by atoms with Gasteiger partial charge in [0.15, 0.2) is 0 Å². The van der Waals surface area contributed by atoms with Gasteiger partial charge in [0.1, 0.15) is 5.82 Å². The first-order valence-corrected chi connectivity index (χ1v) is 6.25. The Hall–Kier alpha value is -1.95. The van der Waals surface area contributed by atoms with Crippen molar-refractivity contribution in [3.8, 4) is 0 Å². The summed E-state index contributed by atoms with van der Waals surface area (Å²) in [5, 5.41) is 14.0. The Morgan fingerprint density at radius 1 is 1.30 bits per heavy atom. The van der Waals surface area contributed by atoms with Crippen molar-refractivity contribution < 1.29 is 19.1 Å². The minimum absolute atomic E-state index is 0.0526. The van der Waals surface area contributed by atoms with Crippen LogP contribution in [-0.2, 0) is 4.79 Å². The van der Waals surface area contributed by atoms with Crippen LogP contribution in [0.5, 0.6) is 0 Å². The molecule has 0 aliphatic carbocycles. The molecular formula is C14H19FN2O3. The fourth-order valence-corrected chi connectivity index (χ4v) is 1.35. The topological polar surface area (TPSA) is 78.4 Å². The minimum atomic E-state index is -0.513. The summed E-state index contributed by atoms with van der Waals surface area (Å²) in [6, 6.07) is 5.22. The Balaban J connectivity index is 2.40. The monoisotopic (exact) mass is 282 g/mol. The molecule has 0 aromatic heterocycles. The molecule has 1 rings (SSSR count). The largest absolute Gasteiger partial charge is 0.396 e. The third kappa shape index (κ3) is 5.36. The van der Waals surface area contributed by atoms with E-state index in [4.69, 9.17) is 5.11 Å². The second-order valence-electron chi connectivity index (χ2n) is 5.29. The zero-order valence-corrected chi connectivity index (χ0v) is 11.6. The van der Waals surface area contributed by atoms with Gasteiger partial charge in [0, 0.05) is 24.1 Å². The van der Waals surface area contributed by atoms with Gasteiger partial charge in [0.25, 0.3) is 5.91 Å². The molecule has 1 aromatic rings. The molecule has 0 aliphatic heterocycles. The summed E-state index contributed by atoms with van der Waals surface area (Å²) in [6.07, 6.45) is 0. The van der Waals surface area contributed by atoms with Crippen molar-refractivity contribution in [1.29, 1.82) is 0 Å². The van der Waals surface area contributed by atoms with Crippen molar-refractivity contribution in [2.24, 2.45) is 5.41 Å². The van der Waals surface area contributed by atoms with Crippen LogP contribution in [0.1, 0.15) is 24.2 Å². The van der Waals surface area contributed by atoms with Crippen molar-refractivity contribution in [2.75, 3.05) is 19.7 Å². The van der Waals surface area contributed by atoms with Crippen LogP contribution < -0.4 is 10.6 Å². The molecule has 0 radical (unpaired) electrons. The number of halogens is 1. The molecule has 0 bridgehead atoms. The lowest BCUT2D eigenvalue weighted by Crippen LogP contribution is -2.41. The van der Waals surface area contributed by atoms with Crippen LogP contribution in [0.25, 0.3) is 0 Å². The lowest BCUT2D eigenvalue weighted by molar-refractivity contribution is -0.120. The van der Waals surface area contributed by atoms with E-state index < -0.39 is 17.1 Å². The molecule has 0 atom stereocenters. The highest BCUT2D eigenvalue weighted by molar-refractivity contribution is 5.96. The lowest BCUT2D eigenvalue weighted by atomic mass is 9.95. The fourth-order valence-electron chi connectivity index (χ4n) is 1.35. The highest BCUT2D eigenvalue weighted by Gasteiger charge is 2.17. The first-order chi connectivity index (χ1) is 9.34. The number of aliphatic hydroxyl groups is 1. The molecule has 0 unspecified atom stereocenters. The van der Waals surface area contributed by atoms with Crippen LogP contribution in [0, 0.1) is 11.2 Å². The number of nitrogens with one attached hydrogen (secondary N) is 2. The molecule has 2 amide bonds. The van der Waals surface area contributed by atoms with E-state index in [2.05, 4.69) is 10.6 Å². The summed E-state index contributed by atoms with van der Waals surface area (Å²) in [7, 11) is 0. The lowest BCUT2D eigenvalue weighted by Gasteiger charge is -2.21. The van der Waals surface area contributed by atoms with E-state index in [1.165, 1.54) is 18.2 Å². The van der Waals surface area contributed by atoms with Gasteiger partial charge >= 0.3 is 0 Å². The number of rotatable bonds is 6. The van der Waals surface area contributed by atoms with E-state index in [1.54, 1.807) is 13.8 Å². The maximum Gasteiger partial charge on any atom is 0.251 e. The summed E-state index contributed by atoms with van der Waals surface area (Å²) in [5.74, 6) is -1.39. The third-order valence-electron chi connectivity index (χ3n) is 2.69. The Bertz CT molecular complexity index is 489. The van der Waals surface area contributed by atoms with Crippen LogP contribution in [0.15, 0.2) is 24.3 Å². The predicted octanol–water partition coefficient (Wildman–Crippen LogP) is 0.690. The van der Waals surface area contributed by atoms with Gasteiger partial charge in [-0.1, -0.05) is 19.9 Å². The molecule has 0 fully saturated rings. The van der Waals surface area contributed by atoms with E-state index in [1.807, 2.05) is 0 Å². The average Bonchev–Trinajstić information content (AvgIpc) is 2.42. The maximum atomic E-state index is 12.9. The molecular weight excluding hydrogens is 263 g/mol. The number of benzene rings is 1. The molecule has 5 nitrogen and oxygen atoms in total. The third-order valence-corrected chi connectivity index (χ3v) is 2.69. The molecule has 1 aromatic carbocycles. The zero-order chi connectivity index (χ0) is 15.2. The summed E-state index contributed by atoms with van der Waals surface area (Å²) >= 11 is 0. The van der Waals surface area contributed by atoms with Gasteiger partial charge < -0.3 is 15.7 Å². The Morgan fingerprint density at radius 2 is 2.00 bits per heavy atom. The summed E-state index contributed by atoms with van der Waals surface area (Å²) in [5.41, 5.74) is -0.254. The van der Waals surface area contributed by atoms with Crippen molar-refractivity contribution >= 4 is 11.8 Å². The standard InChI is InChI=1S/C14H19FN2O3/c1-14(2,9-18)8-17-12(19)7-16-13(20)10-4-3-5-11(15)6-10/h3-6,18H,7-9H2,1-2H3,(H,16,20)(H,17,19). The van der Waals surface area contributed by atoms with Crippen molar-refractivity contribution in [2.45, 2.75) is 13.8 Å². The molecule has 0 spiro atoms. The summed E-state index contributed by atoms with van der Waals surface area (Å²) in [6.45, 7) is 3.66. The quantitative estimate of drug-likeness (QED) is 0.718. The number of hydrogen-bond donors (Lipinski definition) is 3. The first-order valence-electron chi connectivity index (χ1n) is 6.25. The number of aliphatic hydroxyl groups excluding tert-OH is 1. The second kappa shape index (κ2) is 7.00. The summed E-state index contributed by atoms with van der Waals surface area (Å²) < 4.78 is 12.9. The van der Waals surface area contributed by atoms with Gasteiger partial charge in [0.2, 0.25) is 5.91 Å². The number of carbonyl (C=O) groups is 2. The van der Waals surface area contributed by atoms with E-state index in [0.29, 0.717) is 6.54 Å². The Labute approximate surface area is 117 Å². The van der Waals surface area contributed by atoms with Crippen LogP contribution in [0.4, 0.5) is 4.39 Å². The van der Waals surface area contributed by atoms with Gasteiger partial charge in [0.05, 0.1) is 6.54 Å². The van der Waals surface area contributed by atoms with E-state index in [9.17, 15) is 14.0 Å². The highest BCUT2D eigenvalue weighted by atomic mass is 19.1. The highest BCUT2D eigenvalue weighted by Crippen LogP contribution is 2.10. The molecule has 20 heavy (non-hydrogen) atoms. The normalized spacial score (nSPS) is 11.0. The first kappa shape index (κ1) is 16.1. The molecule has 0 heterocycles. The smallest absolute Gasteiger partial charge is 0.251 e. The predicted molar refractivity (Wildman–Crippen MR) is 72.6 cm³/mol. The van der Waals surface area contributed by atoms with Crippen molar-refractivity contribution in [3.05, 3.63) is 35.6 Å². The van der Waals surface area contributed by atoms with Crippen LogP contribution in [0.2, 0.25) is 0 Å². The van der Waals surface area contributed by atoms with Gasteiger partial charge in [-0.3, -0.25) is 9.59 Å². The average molecular weight is 282 g/mol. The molecule has 0 saturated heterocycles. The van der Waals surface area contributed by atoms with Crippen molar-refractivity contribution in [3.63, 3.8) is 0 Å². The molecule has 3 N–H and O–H groups in total. The number of hydrogen-bond acceptors (Lipinski definition) is 3. The number of amides is 2. The molecule has 0 saturated carbocycles. The van der Waals surface area contributed by atoms with Crippen LogP contribution in [-0.4, -0.2) is 36.6 Å². The van der Waals surface area contributed by atoms with E-state index in [-0.39, 0.29) is 24.6 Å². The van der Waals surface area contributed by atoms with Gasteiger partial charge in [-0.25, -0.2) is 4.39 Å². The van der Waals surface area contributed by atoms with Crippen molar-refractivity contribution in [1.82, 2.24) is 10.6 Å². The van der Waals surface area contributed by atoms with Gasteiger partial charge in [-0.15, -0.1) is 0 Å². The van der Waals surface area contributed by atoms with E-state index in [0.717, 1.165) is 6.07 Å². The van der Waals surface area contributed by atoms with Crippen LogP contribution in [0.3, 0.4) is 0 Å². The molecule has 0 aliphatic rings. The molecule has 6 heteroatoms. The molecule has 110 valence electrons. The van der Waals surface area contributed by atoms with Crippen LogP contribution >= 0.6 is 0 Å². The SMILES string of the molecule is CC(C)(CO)CNC(=O)CNC(=O)c1cccc(F)c1. The maximum absolute atomic E-state index is 12.9. The van der Waals surface area contributed by atoms with E-state index >= 15 is 0 Å². The Morgan fingerprint density at radius 3 is 2.60 bits per heavy atom. The minimum Gasteiger partial charge on any atom is -0.396 e. The van der Waals surface area contributed by atoms with Gasteiger partial charge in [-0.05, 0) is 18.2 Å². The van der Waals surface area contributed by atoms with Gasteiger partial charge in [-0.2, -0.15) is 0 Å².